The zero-order valence-corrected chi connectivity index (χ0v) is 9.61. The van der Waals surface area contributed by atoms with Gasteiger partial charge in [-0.2, -0.15) is 0 Å². The van der Waals surface area contributed by atoms with Crippen molar-refractivity contribution < 1.29 is 22.7 Å². The van der Waals surface area contributed by atoms with Gasteiger partial charge >= 0.3 is 6.09 Å². The normalized spacial score (nSPS) is 11.2. The number of carbonyl (C=O) groups excluding carboxylic acids is 1. The topological polar surface area (TPSA) is 38.3 Å². The summed E-state index contributed by atoms with van der Waals surface area (Å²) in [6.07, 6.45) is -0.942. The molecule has 0 aliphatic heterocycles. The molecule has 6 heteroatoms. The van der Waals surface area contributed by atoms with Crippen LogP contribution in [-0.4, -0.2) is 11.6 Å². The van der Waals surface area contributed by atoms with Crippen molar-refractivity contribution in [2.24, 2.45) is 0 Å². The van der Waals surface area contributed by atoms with Crippen molar-refractivity contribution in [2.45, 2.75) is 26.3 Å². The maximum Gasteiger partial charge on any atom is 0.413 e. The van der Waals surface area contributed by atoms with E-state index in [1.165, 1.54) is 0 Å². The molecule has 0 aliphatic carbocycles. The van der Waals surface area contributed by atoms with Crippen LogP contribution in [0, 0.1) is 17.5 Å². The monoisotopic (exact) mass is 247 g/mol. The van der Waals surface area contributed by atoms with Gasteiger partial charge in [0.05, 0.1) is 0 Å². The van der Waals surface area contributed by atoms with E-state index in [2.05, 4.69) is 10.1 Å². The van der Waals surface area contributed by atoms with Crippen LogP contribution >= 0.6 is 0 Å². The summed E-state index contributed by atoms with van der Waals surface area (Å²) < 4.78 is 43.0. The van der Waals surface area contributed by atoms with E-state index in [1.807, 2.05) is 0 Å². The fraction of sp³-hybridized carbons (Fsp3) is 0.364. The molecule has 0 unspecified atom stereocenters. The third-order valence-corrected chi connectivity index (χ3v) is 1.65. The molecule has 1 aromatic carbocycles. The van der Waals surface area contributed by atoms with Crippen LogP contribution in [0.2, 0.25) is 0 Å². The summed E-state index contributed by atoms with van der Waals surface area (Å²) in [5.74, 6) is -4.44. The summed E-state index contributed by atoms with van der Waals surface area (Å²) in [7, 11) is 0. The van der Waals surface area contributed by atoms with Crippen LogP contribution < -0.4 is 10.1 Å². The Labute approximate surface area is 96.6 Å². The van der Waals surface area contributed by atoms with E-state index in [1.54, 1.807) is 20.8 Å². The third-order valence-electron chi connectivity index (χ3n) is 1.65. The number of carbonyl (C=O) groups is 1. The molecule has 0 heterocycles. The Morgan fingerprint density at radius 2 is 1.65 bits per heavy atom. The highest BCUT2D eigenvalue weighted by atomic mass is 19.2. The second-order valence-electron chi connectivity index (χ2n) is 4.46. The van der Waals surface area contributed by atoms with Crippen LogP contribution in [0.5, 0.6) is 5.75 Å². The fourth-order valence-corrected chi connectivity index (χ4v) is 1.01. The SMILES string of the molecule is CC(C)(C)NC(=O)Oc1cc(F)c(F)cc1F. The van der Waals surface area contributed by atoms with Crippen LogP contribution in [0.1, 0.15) is 20.8 Å². The Balaban J connectivity index is 2.82. The van der Waals surface area contributed by atoms with E-state index >= 15 is 0 Å². The van der Waals surface area contributed by atoms with Crippen molar-refractivity contribution in [1.29, 1.82) is 0 Å². The Morgan fingerprint density at radius 1 is 1.12 bits per heavy atom. The number of ether oxygens (including phenoxy) is 1. The molecule has 3 nitrogen and oxygen atoms in total. The lowest BCUT2D eigenvalue weighted by atomic mass is 10.1. The summed E-state index contributed by atoms with van der Waals surface area (Å²) in [6, 6.07) is 0.794. The number of amides is 1. The van der Waals surface area contributed by atoms with Gasteiger partial charge in [-0.05, 0) is 20.8 Å². The van der Waals surface area contributed by atoms with Crippen LogP contribution in [0.25, 0.3) is 0 Å². The number of benzene rings is 1. The van der Waals surface area contributed by atoms with E-state index in [-0.39, 0.29) is 0 Å². The van der Waals surface area contributed by atoms with Crippen LogP contribution in [0.3, 0.4) is 0 Å². The van der Waals surface area contributed by atoms with E-state index in [0.29, 0.717) is 12.1 Å². The van der Waals surface area contributed by atoms with E-state index in [4.69, 9.17) is 0 Å². The average molecular weight is 247 g/mol. The minimum Gasteiger partial charge on any atom is -0.407 e. The molecule has 94 valence electrons. The first-order chi connectivity index (χ1) is 7.69. The standard InChI is InChI=1S/C11H12F3NO2/c1-11(2,3)15-10(16)17-9-5-7(13)6(12)4-8(9)14/h4-5H,1-3H3,(H,15,16). The van der Waals surface area contributed by atoms with Gasteiger partial charge in [0.25, 0.3) is 0 Å². The quantitative estimate of drug-likeness (QED) is 0.775. The van der Waals surface area contributed by atoms with E-state index in [9.17, 15) is 18.0 Å². The molecular formula is C11H12F3NO2. The molecule has 1 rings (SSSR count). The van der Waals surface area contributed by atoms with Gasteiger partial charge in [-0.1, -0.05) is 0 Å². The molecule has 0 aliphatic rings. The molecule has 0 saturated heterocycles. The average Bonchev–Trinajstić information content (AvgIpc) is 2.11. The minimum absolute atomic E-state index is 0.315. The zero-order chi connectivity index (χ0) is 13.2. The molecule has 0 radical (unpaired) electrons. The molecule has 0 aromatic heterocycles. The molecule has 0 spiro atoms. The molecule has 0 bridgehead atoms. The van der Waals surface area contributed by atoms with Crippen molar-refractivity contribution in [2.75, 3.05) is 0 Å². The van der Waals surface area contributed by atoms with E-state index in [0.717, 1.165) is 0 Å². The highest BCUT2D eigenvalue weighted by molar-refractivity contribution is 5.71. The molecule has 0 atom stereocenters. The molecule has 1 amide bonds. The summed E-state index contributed by atoms with van der Waals surface area (Å²) >= 11 is 0. The van der Waals surface area contributed by atoms with Gasteiger partial charge in [-0.3, -0.25) is 0 Å². The lowest BCUT2D eigenvalue weighted by Crippen LogP contribution is -2.42. The molecule has 1 aromatic rings. The Kier molecular flexibility index (Phi) is 3.65. The molecular weight excluding hydrogens is 235 g/mol. The lowest BCUT2D eigenvalue weighted by Gasteiger charge is -2.19. The van der Waals surface area contributed by atoms with Crippen molar-refractivity contribution in [3.63, 3.8) is 0 Å². The number of rotatable bonds is 1. The van der Waals surface area contributed by atoms with Crippen LogP contribution in [0.4, 0.5) is 18.0 Å². The lowest BCUT2D eigenvalue weighted by molar-refractivity contribution is 0.188. The third kappa shape index (κ3) is 3.97. The number of nitrogens with one attached hydrogen (secondary N) is 1. The zero-order valence-electron chi connectivity index (χ0n) is 9.61. The van der Waals surface area contributed by atoms with Gasteiger partial charge in [0.1, 0.15) is 0 Å². The van der Waals surface area contributed by atoms with Crippen molar-refractivity contribution in [1.82, 2.24) is 5.32 Å². The Bertz CT molecular complexity index is 441. The van der Waals surface area contributed by atoms with Gasteiger partial charge in [-0.25, -0.2) is 18.0 Å². The second-order valence-corrected chi connectivity index (χ2v) is 4.46. The number of halogens is 3. The van der Waals surface area contributed by atoms with Crippen molar-refractivity contribution >= 4 is 6.09 Å². The molecule has 0 fully saturated rings. The summed E-state index contributed by atoms with van der Waals surface area (Å²) in [5.41, 5.74) is -0.577. The number of hydrogen-bond acceptors (Lipinski definition) is 2. The fourth-order valence-electron chi connectivity index (χ4n) is 1.01. The van der Waals surface area contributed by atoms with Crippen molar-refractivity contribution in [3.8, 4) is 5.75 Å². The molecule has 1 N–H and O–H groups in total. The van der Waals surface area contributed by atoms with Gasteiger partial charge in [0.2, 0.25) is 0 Å². The predicted molar refractivity (Wildman–Crippen MR) is 55.2 cm³/mol. The van der Waals surface area contributed by atoms with E-state index < -0.39 is 34.8 Å². The molecule has 17 heavy (non-hydrogen) atoms. The first kappa shape index (κ1) is 13.3. The van der Waals surface area contributed by atoms with Crippen LogP contribution in [0.15, 0.2) is 12.1 Å². The second kappa shape index (κ2) is 4.65. The Hall–Kier alpha value is -1.72. The molecule has 0 saturated carbocycles. The summed E-state index contributed by atoms with van der Waals surface area (Å²) in [5, 5.41) is 2.38. The highest BCUT2D eigenvalue weighted by Gasteiger charge is 2.18. The maximum absolute atomic E-state index is 13.1. The smallest absolute Gasteiger partial charge is 0.407 e. The summed E-state index contributed by atoms with van der Waals surface area (Å²) in [4.78, 5) is 11.3. The minimum atomic E-state index is -1.34. The largest absolute Gasteiger partial charge is 0.413 e. The van der Waals surface area contributed by atoms with Crippen LogP contribution in [-0.2, 0) is 0 Å². The van der Waals surface area contributed by atoms with Crippen molar-refractivity contribution in [3.05, 3.63) is 29.6 Å². The Morgan fingerprint density at radius 3 is 2.18 bits per heavy atom. The van der Waals surface area contributed by atoms with Gasteiger partial charge in [0, 0.05) is 17.7 Å². The van der Waals surface area contributed by atoms with Gasteiger partial charge in [-0.15, -0.1) is 0 Å². The number of hydrogen-bond donors (Lipinski definition) is 1. The maximum atomic E-state index is 13.1. The first-order valence-corrected chi connectivity index (χ1v) is 4.83. The summed E-state index contributed by atoms with van der Waals surface area (Å²) in [6.45, 7) is 5.07. The van der Waals surface area contributed by atoms with Gasteiger partial charge in [0.15, 0.2) is 23.2 Å². The predicted octanol–water partition coefficient (Wildman–Crippen LogP) is 2.99. The highest BCUT2D eigenvalue weighted by Crippen LogP contribution is 2.20. The first-order valence-electron chi connectivity index (χ1n) is 4.83. The van der Waals surface area contributed by atoms with Gasteiger partial charge < -0.3 is 10.1 Å².